The van der Waals surface area contributed by atoms with Crippen molar-refractivity contribution in [1.82, 2.24) is 24.0 Å². The number of carbonyl (C=O) groups excluding carboxylic acids is 1. The molecule has 0 aromatic carbocycles. The Morgan fingerprint density at radius 3 is 2.48 bits per heavy atom. The molecule has 0 aliphatic carbocycles. The number of pyridine rings is 1. The fraction of sp³-hybridized carbons (Fsp3) is 0.591. The number of amides is 1. The number of carbonyl (C=O) groups is 1. The molecule has 1 unspecified atom stereocenters. The van der Waals surface area contributed by atoms with Gasteiger partial charge in [-0.25, -0.2) is 12.7 Å². The summed E-state index contributed by atoms with van der Waals surface area (Å²) in [6, 6.07) is 3.89. The molecule has 8 nitrogen and oxygen atoms in total. The fourth-order valence-corrected chi connectivity index (χ4v) is 5.92. The van der Waals surface area contributed by atoms with E-state index in [9.17, 15) is 13.2 Å². The number of rotatable bonds is 5. The minimum Gasteiger partial charge on any atom is -0.334 e. The van der Waals surface area contributed by atoms with Crippen LogP contribution in [0.5, 0.6) is 0 Å². The number of nitrogens with zero attached hydrogens (tertiary/aromatic N) is 5. The van der Waals surface area contributed by atoms with E-state index in [1.54, 1.807) is 19.3 Å². The summed E-state index contributed by atoms with van der Waals surface area (Å²) >= 11 is 0. The van der Waals surface area contributed by atoms with Crippen LogP contribution in [0.15, 0.2) is 30.7 Å². The minimum atomic E-state index is -3.19. The van der Waals surface area contributed by atoms with Gasteiger partial charge in [-0.2, -0.15) is 5.10 Å². The Bertz CT molecular complexity index is 1010. The van der Waals surface area contributed by atoms with E-state index in [2.05, 4.69) is 4.98 Å². The van der Waals surface area contributed by atoms with Crippen molar-refractivity contribution in [3.63, 3.8) is 0 Å². The molecule has 0 N–H and O–H groups in total. The summed E-state index contributed by atoms with van der Waals surface area (Å²) in [7, 11) is -1.28. The summed E-state index contributed by atoms with van der Waals surface area (Å²) in [5.41, 5.74) is 3.03. The standard InChI is InChI=1S/C22H31N5O3S/c1-3-31(29,30)26-14-9-18(10-15-26)22(28)27-13-5-4-6-20(27)21-19(16-25(2)24-21)17-7-11-23-12-8-17/h7-8,11-12,16,18,20H,3-6,9-10,13-15H2,1-2H3. The molecule has 168 valence electrons. The maximum atomic E-state index is 13.5. The molecule has 4 heterocycles. The quantitative estimate of drug-likeness (QED) is 0.706. The third kappa shape index (κ3) is 4.52. The summed E-state index contributed by atoms with van der Waals surface area (Å²) in [5.74, 6) is 0.124. The van der Waals surface area contributed by atoms with Crippen LogP contribution in [-0.4, -0.2) is 63.7 Å². The Labute approximate surface area is 184 Å². The van der Waals surface area contributed by atoms with Gasteiger partial charge < -0.3 is 4.90 Å². The second-order valence-corrected chi connectivity index (χ2v) is 10.7. The van der Waals surface area contributed by atoms with Crippen molar-refractivity contribution < 1.29 is 13.2 Å². The van der Waals surface area contributed by atoms with Crippen LogP contribution in [0, 0.1) is 5.92 Å². The molecule has 1 atom stereocenters. The normalized spacial score (nSPS) is 21.4. The number of hydrogen-bond acceptors (Lipinski definition) is 5. The number of aryl methyl sites for hydroxylation is 1. The van der Waals surface area contributed by atoms with E-state index in [1.807, 2.05) is 35.0 Å². The largest absolute Gasteiger partial charge is 0.334 e. The second kappa shape index (κ2) is 9.08. The third-order valence-corrected chi connectivity index (χ3v) is 8.39. The highest BCUT2D eigenvalue weighted by Crippen LogP contribution is 2.37. The molecule has 31 heavy (non-hydrogen) atoms. The zero-order valence-electron chi connectivity index (χ0n) is 18.3. The lowest BCUT2D eigenvalue weighted by Gasteiger charge is -2.39. The van der Waals surface area contributed by atoms with Crippen molar-refractivity contribution >= 4 is 15.9 Å². The van der Waals surface area contributed by atoms with Gasteiger partial charge in [-0.05, 0) is 56.7 Å². The number of likely N-dealkylation sites (tertiary alicyclic amines) is 1. The van der Waals surface area contributed by atoms with Gasteiger partial charge in [-0.15, -0.1) is 0 Å². The number of piperidine rings is 2. The van der Waals surface area contributed by atoms with E-state index in [-0.39, 0.29) is 23.6 Å². The van der Waals surface area contributed by atoms with E-state index >= 15 is 0 Å². The van der Waals surface area contributed by atoms with Crippen LogP contribution in [0.1, 0.15) is 50.8 Å². The summed E-state index contributed by atoms with van der Waals surface area (Å²) in [5, 5.41) is 4.76. The smallest absolute Gasteiger partial charge is 0.226 e. The predicted molar refractivity (Wildman–Crippen MR) is 119 cm³/mol. The van der Waals surface area contributed by atoms with Crippen molar-refractivity contribution in [3.05, 3.63) is 36.4 Å². The van der Waals surface area contributed by atoms with Crippen LogP contribution in [0.3, 0.4) is 0 Å². The Morgan fingerprint density at radius 2 is 1.81 bits per heavy atom. The van der Waals surface area contributed by atoms with Gasteiger partial charge in [0, 0.05) is 56.8 Å². The molecule has 2 saturated heterocycles. The van der Waals surface area contributed by atoms with Crippen LogP contribution >= 0.6 is 0 Å². The number of hydrogen-bond donors (Lipinski definition) is 0. The summed E-state index contributed by atoms with van der Waals surface area (Å²) in [4.78, 5) is 19.7. The molecule has 9 heteroatoms. The first-order chi connectivity index (χ1) is 14.9. The van der Waals surface area contributed by atoms with Crippen molar-refractivity contribution in [2.75, 3.05) is 25.4 Å². The van der Waals surface area contributed by atoms with E-state index < -0.39 is 10.0 Å². The molecular weight excluding hydrogens is 414 g/mol. The molecule has 0 saturated carbocycles. The summed E-state index contributed by atoms with van der Waals surface area (Å²) < 4.78 is 27.7. The zero-order chi connectivity index (χ0) is 22.0. The monoisotopic (exact) mass is 445 g/mol. The van der Waals surface area contributed by atoms with E-state index in [1.165, 1.54) is 4.31 Å². The Kier molecular flexibility index (Phi) is 6.43. The Hall–Kier alpha value is -2.26. The summed E-state index contributed by atoms with van der Waals surface area (Å²) in [6.07, 6.45) is 9.67. The lowest BCUT2D eigenvalue weighted by Crippen LogP contribution is -2.47. The summed E-state index contributed by atoms with van der Waals surface area (Å²) in [6.45, 7) is 3.25. The van der Waals surface area contributed by atoms with E-state index in [4.69, 9.17) is 5.10 Å². The molecule has 2 aliphatic rings. The predicted octanol–water partition coefficient (Wildman–Crippen LogP) is 2.60. The molecule has 2 fully saturated rings. The van der Waals surface area contributed by atoms with Gasteiger partial charge in [0.1, 0.15) is 0 Å². The average molecular weight is 446 g/mol. The molecule has 0 radical (unpaired) electrons. The molecular formula is C22H31N5O3S. The highest BCUT2D eigenvalue weighted by molar-refractivity contribution is 7.89. The van der Waals surface area contributed by atoms with Gasteiger partial charge in [0.05, 0.1) is 17.5 Å². The van der Waals surface area contributed by atoms with Crippen molar-refractivity contribution in [2.45, 2.75) is 45.1 Å². The molecule has 2 aliphatic heterocycles. The van der Waals surface area contributed by atoms with Gasteiger partial charge in [-0.3, -0.25) is 14.5 Å². The van der Waals surface area contributed by atoms with Crippen LogP contribution in [-0.2, 0) is 21.9 Å². The van der Waals surface area contributed by atoms with Gasteiger partial charge in [0.2, 0.25) is 15.9 Å². The topological polar surface area (TPSA) is 88.4 Å². The van der Waals surface area contributed by atoms with Gasteiger partial charge in [-0.1, -0.05) is 0 Å². The molecule has 2 aromatic rings. The molecule has 0 bridgehead atoms. The first-order valence-corrected chi connectivity index (χ1v) is 12.7. The van der Waals surface area contributed by atoms with Crippen LogP contribution in [0.25, 0.3) is 11.1 Å². The maximum absolute atomic E-state index is 13.5. The Balaban J connectivity index is 1.55. The van der Waals surface area contributed by atoms with Crippen LogP contribution in [0.4, 0.5) is 0 Å². The van der Waals surface area contributed by atoms with Crippen molar-refractivity contribution in [1.29, 1.82) is 0 Å². The van der Waals surface area contributed by atoms with Gasteiger partial charge >= 0.3 is 0 Å². The van der Waals surface area contributed by atoms with Gasteiger partial charge in [0.25, 0.3) is 0 Å². The number of sulfonamides is 1. The van der Waals surface area contributed by atoms with Crippen LogP contribution < -0.4 is 0 Å². The minimum absolute atomic E-state index is 0.0528. The van der Waals surface area contributed by atoms with Crippen molar-refractivity contribution in [3.8, 4) is 11.1 Å². The molecule has 0 spiro atoms. The average Bonchev–Trinajstić information content (AvgIpc) is 3.21. The van der Waals surface area contributed by atoms with Crippen LogP contribution in [0.2, 0.25) is 0 Å². The first kappa shape index (κ1) is 22.0. The lowest BCUT2D eigenvalue weighted by atomic mass is 9.91. The zero-order valence-corrected chi connectivity index (χ0v) is 19.1. The lowest BCUT2D eigenvalue weighted by molar-refractivity contribution is -0.140. The first-order valence-electron chi connectivity index (χ1n) is 11.1. The maximum Gasteiger partial charge on any atom is 0.226 e. The second-order valence-electron chi connectivity index (χ2n) is 8.45. The van der Waals surface area contributed by atoms with Gasteiger partial charge in [0.15, 0.2) is 0 Å². The van der Waals surface area contributed by atoms with E-state index in [0.717, 1.165) is 42.6 Å². The highest BCUT2D eigenvalue weighted by Gasteiger charge is 2.37. The highest BCUT2D eigenvalue weighted by atomic mass is 32.2. The SMILES string of the molecule is CCS(=O)(=O)N1CCC(C(=O)N2CCCCC2c2nn(C)cc2-c2ccncc2)CC1. The third-order valence-electron chi connectivity index (χ3n) is 6.51. The molecule has 4 rings (SSSR count). The number of aromatic nitrogens is 3. The molecule has 1 amide bonds. The fourth-order valence-electron chi connectivity index (χ4n) is 4.78. The molecule has 2 aromatic heterocycles. The Morgan fingerprint density at radius 1 is 1.10 bits per heavy atom. The van der Waals surface area contributed by atoms with Crippen molar-refractivity contribution in [2.24, 2.45) is 13.0 Å². The van der Waals surface area contributed by atoms with E-state index in [0.29, 0.717) is 25.9 Å².